The number of ether oxygens (including phenoxy) is 1. The molecule has 0 amide bonds. The Balaban J connectivity index is 1.85. The minimum atomic E-state index is 0.788. The zero-order chi connectivity index (χ0) is 17.8. The molecule has 0 spiro atoms. The maximum Gasteiger partial charge on any atom is 0.127 e. The molecule has 132 valence electrons. The summed E-state index contributed by atoms with van der Waals surface area (Å²) in [4.78, 5) is 1.30. The van der Waals surface area contributed by atoms with Crippen LogP contribution in [-0.2, 0) is 0 Å². The lowest BCUT2D eigenvalue weighted by atomic mass is 9.95. The molecule has 1 heterocycles. The highest BCUT2D eigenvalue weighted by Crippen LogP contribution is 2.42. The maximum atomic E-state index is 6.26. The van der Waals surface area contributed by atoms with E-state index < -0.39 is 0 Å². The van der Waals surface area contributed by atoms with Crippen LogP contribution in [0.25, 0.3) is 32.0 Å². The number of unbranched alkanes of at least 4 members (excludes halogenated alkanes) is 3. The molecule has 0 fully saturated rings. The Morgan fingerprint density at radius 1 is 0.846 bits per heavy atom. The normalized spacial score (nSPS) is 11.3. The summed E-state index contributed by atoms with van der Waals surface area (Å²) in [6.45, 7) is 3.03. The van der Waals surface area contributed by atoms with E-state index in [0.717, 1.165) is 18.8 Å². The van der Waals surface area contributed by atoms with Crippen LogP contribution in [0, 0.1) is 0 Å². The molecule has 0 saturated heterocycles. The van der Waals surface area contributed by atoms with Gasteiger partial charge in [0.25, 0.3) is 0 Å². The smallest absolute Gasteiger partial charge is 0.127 e. The first-order valence-electron chi connectivity index (χ1n) is 9.49. The van der Waals surface area contributed by atoms with Crippen molar-refractivity contribution in [1.29, 1.82) is 0 Å². The average molecular weight is 361 g/mol. The van der Waals surface area contributed by atoms with Gasteiger partial charge in [-0.3, -0.25) is 0 Å². The van der Waals surface area contributed by atoms with E-state index in [1.165, 1.54) is 51.2 Å². The Labute approximate surface area is 159 Å². The first-order valence-corrected chi connectivity index (χ1v) is 10.4. The Kier molecular flexibility index (Phi) is 5.21. The topological polar surface area (TPSA) is 9.23 Å². The van der Waals surface area contributed by atoms with Crippen molar-refractivity contribution in [1.82, 2.24) is 0 Å². The van der Waals surface area contributed by atoms with E-state index in [-0.39, 0.29) is 0 Å². The van der Waals surface area contributed by atoms with Gasteiger partial charge in [0.1, 0.15) is 5.75 Å². The molecule has 0 aliphatic carbocycles. The summed E-state index contributed by atoms with van der Waals surface area (Å²) in [6, 6.07) is 21.7. The summed E-state index contributed by atoms with van der Waals surface area (Å²) >= 11 is 1.79. The number of fused-ring (bicyclic) bond motifs is 2. The molecular formula is C24H24OS. The van der Waals surface area contributed by atoms with Gasteiger partial charge in [-0.05, 0) is 46.2 Å². The van der Waals surface area contributed by atoms with Gasteiger partial charge < -0.3 is 4.74 Å². The van der Waals surface area contributed by atoms with E-state index in [4.69, 9.17) is 4.74 Å². The Bertz CT molecular complexity index is 1000. The maximum absolute atomic E-state index is 6.26. The second kappa shape index (κ2) is 7.92. The van der Waals surface area contributed by atoms with Crippen LogP contribution in [0.2, 0.25) is 0 Å². The van der Waals surface area contributed by atoms with Crippen LogP contribution >= 0.6 is 11.3 Å². The van der Waals surface area contributed by atoms with Gasteiger partial charge in [0.05, 0.1) is 6.61 Å². The van der Waals surface area contributed by atoms with Gasteiger partial charge in [0.15, 0.2) is 0 Å². The molecule has 0 atom stereocenters. The van der Waals surface area contributed by atoms with Crippen molar-refractivity contribution >= 4 is 32.9 Å². The van der Waals surface area contributed by atoms with Crippen molar-refractivity contribution < 1.29 is 4.74 Å². The number of hydrogen-bond donors (Lipinski definition) is 0. The summed E-state index contributed by atoms with van der Waals surface area (Å²) in [5, 5.41) is 7.22. The second-order valence-electron chi connectivity index (χ2n) is 6.71. The van der Waals surface area contributed by atoms with Crippen molar-refractivity contribution in [3.63, 3.8) is 0 Å². The van der Waals surface area contributed by atoms with Gasteiger partial charge in [-0.2, -0.15) is 0 Å². The van der Waals surface area contributed by atoms with E-state index in [1.807, 2.05) is 0 Å². The third kappa shape index (κ3) is 3.34. The highest BCUT2D eigenvalue weighted by Gasteiger charge is 2.14. The number of benzene rings is 3. The van der Waals surface area contributed by atoms with Crippen LogP contribution < -0.4 is 4.74 Å². The molecule has 0 saturated carbocycles. The highest BCUT2D eigenvalue weighted by molar-refractivity contribution is 7.13. The van der Waals surface area contributed by atoms with Crippen molar-refractivity contribution in [2.75, 3.05) is 6.61 Å². The molecule has 3 aromatic carbocycles. The molecule has 0 aliphatic heterocycles. The lowest BCUT2D eigenvalue weighted by Gasteiger charge is -2.15. The van der Waals surface area contributed by atoms with Crippen molar-refractivity contribution in [2.45, 2.75) is 32.6 Å². The van der Waals surface area contributed by atoms with Crippen LogP contribution in [0.15, 0.2) is 66.0 Å². The average Bonchev–Trinajstić information content (AvgIpc) is 3.20. The van der Waals surface area contributed by atoms with Crippen LogP contribution in [0.1, 0.15) is 32.6 Å². The monoisotopic (exact) mass is 360 g/mol. The minimum Gasteiger partial charge on any atom is -0.493 e. The van der Waals surface area contributed by atoms with E-state index in [9.17, 15) is 0 Å². The second-order valence-corrected chi connectivity index (χ2v) is 7.66. The minimum absolute atomic E-state index is 0.788. The SMILES string of the molecule is CCCCCCOc1cccc2cc3ccccc3c(-c3cccs3)c12. The summed E-state index contributed by atoms with van der Waals surface area (Å²) in [7, 11) is 0. The van der Waals surface area contributed by atoms with Gasteiger partial charge in [0.2, 0.25) is 0 Å². The third-order valence-electron chi connectivity index (χ3n) is 4.87. The standard InChI is InChI=1S/C24H24OS/c1-2-3-4-7-15-25-21-13-8-11-19-17-18-10-5-6-12-20(18)24(23(19)21)22-14-9-16-26-22/h5-6,8-14,16-17H,2-4,7,15H2,1H3. The first-order chi connectivity index (χ1) is 12.9. The summed E-state index contributed by atoms with van der Waals surface area (Å²) < 4.78 is 6.26. The van der Waals surface area contributed by atoms with E-state index in [1.54, 1.807) is 11.3 Å². The van der Waals surface area contributed by atoms with Gasteiger partial charge in [-0.25, -0.2) is 0 Å². The fourth-order valence-corrected chi connectivity index (χ4v) is 4.39. The van der Waals surface area contributed by atoms with Gasteiger partial charge in [0, 0.05) is 15.8 Å². The van der Waals surface area contributed by atoms with Crippen molar-refractivity contribution in [2.24, 2.45) is 0 Å². The van der Waals surface area contributed by atoms with E-state index in [2.05, 4.69) is 73.0 Å². The zero-order valence-electron chi connectivity index (χ0n) is 15.2. The number of rotatable bonds is 7. The fourth-order valence-electron chi connectivity index (χ4n) is 3.60. The largest absolute Gasteiger partial charge is 0.493 e. The molecule has 26 heavy (non-hydrogen) atoms. The zero-order valence-corrected chi connectivity index (χ0v) is 16.0. The van der Waals surface area contributed by atoms with Crippen LogP contribution in [0.4, 0.5) is 0 Å². The fraction of sp³-hybridized carbons (Fsp3) is 0.250. The van der Waals surface area contributed by atoms with E-state index in [0.29, 0.717) is 0 Å². The molecule has 0 unspecified atom stereocenters. The molecule has 0 N–H and O–H groups in total. The number of thiophene rings is 1. The third-order valence-corrected chi connectivity index (χ3v) is 5.76. The van der Waals surface area contributed by atoms with Gasteiger partial charge >= 0.3 is 0 Å². The van der Waals surface area contributed by atoms with E-state index >= 15 is 0 Å². The molecule has 4 aromatic rings. The molecule has 1 nitrogen and oxygen atoms in total. The molecule has 2 heteroatoms. The molecular weight excluding hydrogens is 336 g/mol. The van der Waals surface area contributed by atoms with Crippen LogP contribution in [0.3, 0.4) is 0 Å². The Morgan fingerprint density at radius 2 is 1.73 bits per heavy atom. The molecule has 0 bridgehead atoms. The lowest BCUT2D eigenvalue weighted by Crippen LogP contribution is -1.98. The summed E-state index contributed by atoms with van der Waals surface area (Å²) in [6.07, 6.45) is 4.89. The van der Waals surface area contributed by atoms with Gasteiger partial charge in [-0.1, -0.05) is 68.7 Å². The predicted molar refractivity (Wildman–Crippen MR) is 114 cm³/mol. The highest BCUT2D eigenvalue weighted by atomic mass is 32.1. The number of hydrogen-bond acceptors (Lipinski definition) is 2. The van der Waals surface area contributed by atoms with Crippen molar-refractivity contribution in [3.05, 3.63) is 66.0 Å². The Hall–Kier alpha value is -2.32. The summed E-state index contributed by atoms with van der Waals surface area (Å²) in [5.41, 5.74) is 1.30. The summed E-state index contributed by atoms with van der Waals surface area (Å²) in [5.74, 6) is 1.01. The molecule has 0 aliphatic rings. The van der Waals surface area contributed by atoms with Crippen molar-refractivity contribution in [3.8, 4) is 16.2 Å². The first kappa shape index (κ1) is 17.1. The predicted octanol–water partition coefficient (Wildman–Crippen LogP) is 7.68. The van der Waals surface area contributed by atoms with Crippen LogP contribution in [0.5, 0.6) is 5.75 Å². The quantitative estimate of drug-likeness (QED) is 0.242. The molecule has 1 aromatic heterocycles. The Morgan fingerprint density at radius 3 is 2.58 bits per heavy atom. The lowest BCUT2D eigenvalue weighted by molar-refractivity contribution is 0.308. The molecule has 4 rings (SSSR count). The van der Waals surface area contributed by atoms with Gasteiger partial charge in [-0.15, -0.1) is 11.3 Å². The van der Waals surface area contributed by atoms with Crippen LogP contribution in [-0.4, -0.2) is 6.61 Å². The molecule has 0 radical (unpaired) electrons.